The number of nitrogens with two attached hydrogens (primary N) is 1. The van der Waals surface area contributed by atoms with E-state index < -0.39 is 0 Å². The van der Waals surface area contributed by atoms with Gasteiger partial charge in [-0.3, -0.25) is 4.79 Å². The van der Waals surface area contributed by atoms with E-state index in [9.17, 15) is 4.79 Å². The lowest BCUT2D eigenvalue weighted by molar-refractivity contribution is 0.102. The summed E-state index contributed by atoms with van der Waals surface area (Å²) in [5.41, 5.74) is 7.51. The SMILES string of the molecule is CC(C)COc1ccccc1C(=O)Nc1ccc(N)cc1. The lowest BCUT2D eigenvalue weighted by Gasteiger charge is -2.13. The maximum absolute atomic E-state index is 12.3. The molecule has 3 N–H and O–H groups in total. The molecule has 110 valence electrons. The van der Waals surface area contributed by atoms with Crippen molar-refractivity contribution >= 4 is 17.3 Å². The predicted octanol–water partition coefficient (Wildman–Crippen LogP) is 3.56. The second-order valence-corrected chi connectivity index (χ2v) is 5.28. The molecule has 0 spiro atoms. The number of carbonyl (C=O) groups excluding carboxylic acids is 1. The van der Waals surface area contributed by atoms with Crippen molar-refractivity contribution in [2.24, 2.45) is 5.92 Å². The van der Waals surface area contributed by atoms with Gasteiger partial charge in [0.05, 0.1) is 12.2 Å². The van der Waals surface area contributed by atoms with E-state index in [-0.39, 0.29) is 5.91 Å². The monoisotopic (exact) mass is 284 g/mol. The number of para-hydroxylation sites is 1. The average Bonchev–Trinajstić information content (AvgIpc) is 2.47. The normalized spacial score (nSPS) is 10.4. The summed E-state index contributed by atoms with van der Waals surface area (Å²) in [5, 5.41) is 2.84. The van der Waals surface area contributed by atoms with Crippen LogP contribution in [0, 0.1) is 5.92 Å². The summed E-state index contributed by atoms with van der Waals surface area (Å²) in [6, 6.07) is 14.3. The van der Waals surface area contributed by atoms with Gasteiger partial charge in [0.1, 0.15) is 5.75 Å². The number of anilines is 2. The molecule has 2 aromatic rings. The fraction of sp³-hybridized carbons (Fsp3) is 0.235. The molecule has 0 aliphatic rings. The van der Waals surface area contributed by atoms with Crippen LogP contribution in [-0.2, 0) is 0 Å². The number of ether oxygens (including phenoxy) is 1. The first-order chi connectivity index (χ1) is 10.1. The van der Waals surface area contributed by atoms with Crippen molar-refractivity contribution in [2.45, 2.75) is 13.8 Å². The second kappa shape index (κ2) is 6.79. The Morgan fingerprint density at radius 2 is 1.81 bits per heavy atom. The quantitative estimate of drug-likeness (QED) is 0.825. The van der Waals surface area contributed by atoms with Gasteiger partial charge in [0.15, 0.2) is 0 Å². The molecule has 0 aliphatic heterocycles. The Morgan fingerprint density at radius 1 is 1.14 bits per heavy atom. The molecule has 0 fully saturated rings. The van der Waals surface area contributed by atoms with Crippen molar-refractivity contribution in [2.75, 3.05) is 17.7 Å². The minimum absolute atomic E-state index is 0.195. The molecule has 2 rings (SSSR count). The van der Waals surface area contributed by atoms with Gasteiger partial charge in [0, 0.05) is 11.4 Å². The van der Waals surface area contributed by atoms with E-state index >= 15 is 0 Å². The van der Waals surface area contributed by atoms with Gasteiger partial charge in [-0.05, 0) is 42.3 Å². The molecule has 0 heterocycles. The molecule has 0 aromatic heterocycles. The van der Waals surface area contributed by atoms with Crippen molar-refractivity contribution in [3.63, 3.8) is 0 Å². The van der Waals surface area contributed by atoms with Gasteiger partial charge in [0.2, 0.25) is 0 Å². The number of benzene rings is 2. The Labute approximate surface area is 124 Å². The van der Waals surface area contributed by atoms with Gasteiger partial charge in [-0.1, -0.05) is 26.0 Å². The van der Waals surface area contributed by atoms with Crippen LogP contribution in [0.3, 0.4) is 0 Å². The first kappa shape index (κ1) is 14.9. The van der Waals surface area contributed by atoms with Crippen molar-refractivity contribution in [1.29, 1.82) is 0 Å². The van der Waals surface area contributed by atoms with Crippen LogP contribution in [-0.4, -0.2) is 12.5 Å². The third kappa shape index (κ3) is 4.24. The molecule has 0 atom stereocenters. The lowest BCUT2D eigenvalue weighted by Crippen LogP contribution is -2.15. The highest BCUT2D eigenvalue weighted by Crippen LogP contribution is 2.20. The maximum atomic E-state index is 12.3. The first-order valence-corrected chi connectivity index (χ1v) is 6.95. The van der Waals surface area contributed by atoms with Gasteiger partial charge in [-0.25, -0.2) is 0 Å². The van der Waals surface area contributed by atoms with Crippen LogP contribution in [0.4, 0.5) is 11.4 Å². The van der Waals surface area contributed by atoms with E-state index in [4.69, 9.17) is 10.5 Å². The molecule has 0 radical (unpaired) electrons. The predicted molar refractivity (Wildman–Crippen MR) is 85.6 cm³/mol. The number of nitrogen functional groups attached to an aromatic ring is 1. The number of amides is 1. The van der Waals surface area contributed by atoms with Crippen molar-refractivity contribution < 1.29 is 9.53 Å². The van der Waals surface area contributed by atoms with E-state index in [1.54, 1.807) is 36.4 Å². The fourth-order valence-electron chi connectivity index (χ4n) is 1.80. The molecule has 0 saturated carbocycles. The molecular weight excluding hydrogens is 264 g/mol. The molecule has 0 unspecified atom stereocenters. The Hall–Kier alpha value is -2.49. The standard InChI is InChI=1S/C17H20N2O2/c1-12(2)11-21-16-6-4-3-5-15(16)17(20)19-14-9-7-13(18)8-10-14/h3-10,12H,11,18H2,1-2H3,(H,19,20). The van der Waals surface area contributed by atoms with Crippen LogP contribution in [0.1, 0.15) is 24.2 Å². The van der Waals surface area contributed by atoms with E-state index in [0.717, 1.165) is 0 Å². The Balaban J connectivity index is 2.13. The summed E-state index contributed by atoms with van der Waals surface area (Å²) in [6.07, 6.45) is 0. The fourth-order valence-corrected chi connectivity index (χ4v) is 1.80. The Morgan fingerprint density at radius 3 is 2.48 bits per heavy atom. The highest BCUT2D eigenvalue weighted by atomic mass is 16.5. The summed E-state index contributed by atoms with van der Waals surface area (Å²) in [6.45, 7) is 4.71. The van der Waals surface area contributed by atoms with Crippen molar-refractivity contribution in [1.82, 2.24) is 0 Å². The topological polar surface area (TPSA) is 64.3 Å². The number of nitrogens with one attached hydrogen (secondary N) is 1. The van der Waals surface area contributed by atoms with Gasteiger partial charge in [0.25, 0.3) is 5.91 Å². The van der Waals surface area contributed by atoms with Crippen LogP contribution >= 0.6 is 0 Å². The largest absolute Gasteiger partial charge is 0.492 e. The third-order valence-electron chi connectivity index (χ3n) is 2.87. The average molecular weight is 284 g/mol. The van der Waals surface area contributed by atoms with Crippen molar-refractivity contribution in [3.05, 3.63) is 54.1 Å². The van der Waals surface area contributed by atoms with Gasteiger partial charge in [-0.2, -0.15) is 0 Å². The number of carbonyl (C=O) groups is 1. The van der Waals surface area contributed by atoms with Crippen LogP contribution in [0.5, 0.6) is 5.75 Å². The zero-order valence-electron chi connectivity index (χ0n) is 12.3. The minimum Gasteiger partial charge on any atom is -0.492 e. The van der Waals surface area contributed by atoms with Crippen LogP contribution in [0.2, 0.25) is 0 Å². The van der Waals surface area contributed by atoms with Crippen LogP contribution < -0.4 is 15.8 Å². The molecule has 0 aliphatic carbocycles. The molecule has 21 heavy (non-hydrogen) atoms. The zero-order valence-corrected chi connectivity index (χ0v) is 12.3. The number of hydrogen-bond donors (Lipinski definition) is 2. The maximum Gasteiger partial charge on any atom is 0.259 e. The van der Waals surface area contributed by atoms with Crippen LogP contribution in [0.15, 0.2) is 48.5 Å². The van der Waals surface area contributed by atoms with Gasteiger partial charge >= 0.3 is 0 Å². The molecule has 4 heteroatoms. The second-order valence-electron chi connectivity index (χ2n) is 5.28. The lowest BCUT2D eigenvalue weighted by atomic mass is 10.1. The zero-order chi connectivity index (χ0) is 15.2. The highest BCUT2D eigenvalue weighted by molar-refractivity contribution is 6.06. The summed E-state index contributed by atoms with van der Waals surface area (Å²) < 4.78 is 5.70. The Bertz CT molecular complexity index is 606. The smallest absolute Gasteiger partial charge is 0.259 e. The van der Waals surface area contributed by atoms with Gasteiger partial charge < -0.3 is 15.8 Å². The Kier molecular flexibility index (Phi) is 4.82. The summed E-state index contributed by atoms with van der Waals surface area (Å²) in [4.78, 5) is 12.3. The molecule has 0 saturated heterocycles. The summed E-state index contributed by atoms with van der Waals surface area (Å²) in [5.74, 6) is 0.802. The molecule has 1 amide bonds. The summed E-state index contributed by atoms with van der Waals surface area (Å²) >= 11 is 0. The number of rotatable bonds is 5. The first-order valence-electron chi connectivity index (χ1n) is 6.95. The van der Waals surface area contributed by atoms with E-state index in [2.05, 4.69) is 19.2 Å². The number of hydrogen-bond acceptors (Lipinski definition) is 3. The molecule has 0 bridgehead atoms. The van der Waals surface area contributed by atoms with E-state index in [1.165, 1.54) is 0 Å². The van der Waals surface area contributed by atoms with Gasteiger partial charge in [-0.15, -0.1) is 0 Å². The third-order valence-corrected chi connectivity index (χ3v) is 2.87. The minimum atomic E-state index is -0.195. The summed E-state index contributed by atoms with van der Waals surface area (Å²) in [7, 11) is 0. The van der Waals surface area contributed by atoms with E-state index in [0.29, 0.717) is 35.2 Å². The van der Waals surface area contributed by atoms with Crippen molar-refractivity contribution in [3.8, 4) is 5.75 Å². The van der Waals surface area contributed by atoms with Crippen LogP contribution in [0.25, 0.3) is 0 Å². The van der Waals surface area contributed by atoms with E-state index in [1.807, 2.05) is 12.1 Å². The molecular formula is C17H20N2O2. The highest BCUT2D eigenvalue weighted by Gasteiger charge is 2.12. The molecule has 4 nitrogen and oxygen atoms in total. The molecule has 2 aromatic carbocycles.